The van der Waals surface area contributed by atoms with E-state index in [4.69, 9.17) is 9.98 Å². The molecule has 0 amide bonds. The quantitative estimate of drug-likeness (QED) is 0.215. The molecule has 3 fully saturated rings. The monoisotopic (exact) mass is 793 g/mol. The van der Waals surface area contributed by atoms with Crippen LogP contribution < -0.4 is 20.4 Å². The SMILES string of the molecule is CC(C)(C)c1cc(C=N[C@@H]2CCCC[C@H]2N=Cc2cc(C(C)(C)C)cc(CN3CCCCC3)c2[O-])c([O-])c(CN2CCCCC2)c1.CC(C)[O-].CC(C)[O-].[Ti+4]. The summed E-state index contributed by atoms with van der Waals surface area (Å²) in [7, 11) is 0. The predicted octanol–water partition coefficient (Wildman–Crippen LogP) is 6.76. The molecule has 0 spiro atoms. The molecule has 3 aliphatic rings. The van der Waals surface area contributed by atoms with E-state index in [0.29, 0.717) is 24.2 Å². The van der Waals surface area contributed by atoms with E-state index in [1.165, 1.54) is 49.7 Å². The second-order valence-electron chi connectivity index (χ2n) is 18.4. The number of nitrogens with zero attached hydrogens (tertiary/aromatic N) is 4. The van der Waals surface area contributed by atoms with Gasteiger partial charge in [0, 0.05) is 25.5 Å². The van der Waals surface area contributed by atoms with Crippen LogP contribution in [0.25, 0.3) is 0 Å². The van der Waals surface area contributed by atoms with Gasteiger partial charge >= 0.3 is 21.7 Å². The van der Waals surface area contributed by atoms with Crippen molar-refractivity contribution in [1.82, 2.24) is 9.80 Å². The largest absolute Gasteiger partial charge is 4.00 e. The molecule has 55 heavy (non-hydrogen) atoms. The molecule has 2 saturated heterocycles. The van der Waals surface area contributed by atoms with Gasteiger partial charge in [0.2, 0.25) is 0 Å². The van der Waals surface area contributed by atoms with E-state index in [9.17, 15) is 20.4 Å². The smallest absolute Gasteiger partial charge is 0.872 e. The predicted molar refractivity (Wildman–Crippen MR) is 219 cm³/mol. The van der Waals surface area contributed by atoms with Crippen molar-refractivity contribution in [3.63, 3.8) is 0 Å². The van der Waals surface area contributed by atoms with Crippen LogP contribution in [0.15, 0.2) is 34.3 Å². The first-order valence-corrected chi connectivity index (χ1v) is 20.9. The molecule has 2 aromatic rings. The van der Waals surface area contributed by atoms with Gasteiger partial charge in [0.15, 0.2) is 0 Å². The van der Waals surface area contributed by atoms with Gasteiger partial charge < -0.3 is 20.4 Å². The summed E-state index contributed by atoms with van der Waals surface area (Å²) in [6.07, 6.45) is 14.3. The minimum Gasteiger partial charge on any atom is -0.872 e. The number of rotatable bonds is 8. The zero-order chi connectivity index (χ0) is 40.1. The number of hydrogen-bond donors (Lipinski definition) is 0. The number of likely N-dealkylation sites (tertiary alicyclic amines) is 2. The summed E-state index contributed by atoms with van der Waals surface area (Å²) < 4.78 is 0. The third-order valence-electron chi connectivity index (χ3n) is 10.3. The molecule has 2 aromatic carbocycles. The first-order chi connectivity index (χ1) is 25.3. The standard InChI is InChI=1S/C40H60N4O2.2C3H7O.Ti/c1-39(2,3)33-21-29(37(45)31(23-33)27-43-17-11-7-12-18-43)25-41-35-15-9-10-16-36(35)42-26-30-22-34(40(4,5)6)24-32(38(30)46)28-44-19-13-8-14-20-44;2*1-3(2)4;/h21-26,35-36,45-46H,7-20,27-28H2,1-6H3;2*3H,1-2H3;/q;2*-1;+4/p-2/t35-,36-;;;/m1.../s1. The fourth-order valence-electron chi connectivity index (χ4n) is 7.23. The summed E-state index contributed by atoms with van der Waals surface area (Å²) in [5.74, 6) is 0.212. The third-order valence-corrected chi connectivity index (χ3v) is 10.3. The fraction of sp³-hybridized carbons (Fsp3) is 0.696. The molecule has 9 heteroatoms. The molecular weight excluding hydrogens is 720 g/mol. The Morgan fingerprint density at radius 3 is 1.18 bits per heavy atom. The van der Waals surface area contributed by atoms with E-state index in [1.807, 2.05) is 12.4 Å². The van der Waals surface area contributed by atoms with E-state index in [1.54, 1.807) is 27.7 Å². The van der Waals surface area contributed by atoms with Crippen molar-refractivity contribution in [2.24, 2.45) is 9.98 Å². The number of hydrogen-bond acceptors (Lipinski definition) is 8. The van der Waals surface area contributed by atoms with E-state index >= 15 is 0 Å². The number of benzene rings is 2. The van der Waals surface area contributed by atoms with Crippen LogP contribution >= 0.6 is 0 Å². The Bertz CT molecular complexity index is 1370. The van der Waals surface area contributed by atoms with Crippen molar-refractivity contribution in [3.8, 4) is 11.5 Å². The topological polar surface area (TPSA) is 123 Å². The average molecular weight is 793 g/mol. The summed E-state index contributed by atoms with van der Waals surface area (Å²) in [6, 6.07) is 8.38. The Hall–Kier alpha value is -2.07. The van der Waals surface area contributed by atoms with Gasteiger partial charge in [0.05, 0.1) is 12.1 Å². The molecule has 0 radical (unpaired) electrons. The maximum Gasteiger partial charge on any atom is 4.00 e. The molecule has 2 aliphatic heterocycles. The number of aliphatic imine (C=N–C) groups is 2. The molecule has 0 aromatic heterocycles. The normalized spacial score (nSPS) is 20.3. The minimum absolute atomic E-state index is 0. The van der Waals surface area contributed by atoms with E-state index in [0.717, 1.165) is 63.0 Å². The maximum atomic E-state index is 13.7. The zero-order valence-electron chi connectivity index (χ0n) is 36.0. The van der Waals surface area contributed by atoms with E-state index < -0.39 is 12.2 Å². The average Bonchev–Trinajstić information content (AvgIpc) is 3.09. The van der Waals surface area contributed by atoms with Crippen molar-refractivity contribution in [3.05, 3.63) is 57.6 Å². The number of piperidine rings is 2. The Balaban J connectivity index is 0.00000106. The van der Waals surface area contributed by atoms with Gasteiger partial charge in [-0.2, -0.15) is 0 Å². The van der Waals surface area contributed by atoms with Crippen molar-refractivity contribution in [2.45, 2.75) is 182 Å². The van der Waals surface area contributed by atoms with Crippen LogP contribution in [0.1, 0.15) is 167 Å². The molecule has 1 aliphatic carbocycles. The Morgan fingerprint density at radius 2 is 0.891 bits per heavy atom. The van der Waals surface area contributed by atoms with Crippen LogP contribution in [0.5, 0.6) is 11.5 Å². The first-order valence-electron chi connectivity index (χ1n) is 20.9. The van der Waals surface area contributed by atoms with Gasteiger partial charge in [0.1, 0.15) is 0 Å². The molecule has 2 heterocycles. The molecule has 1 saturated carbocycles. The Morgan fingerprint density at radius 1 is 0.582 bits per heavy atom. The molecule has 2 atom stereocenters. The maximum absolute atomic E-state index is 13.7. The van der Waals surface area contributed by atoms with Crippen LogP contribution in [0.3, 0.4) is 0 Å². The van der Waals surface area contributed by atoms with Gasteiger partial charge in [-0.05, 0) is 109 Å². The summed E-state index contributed by atoms with van der Waals surface area (Å²) in [5.41, 5.74) is 5.39. The van der Waals surface area contributed by atoms with E-state index in [2.05, 4.69) is 75.6 Å². The van der Waals surface area contributed by atoms with Crippen molar-refractivity contribution >= 4 is 12.4 Å². The molecule has 304 valence electrons. The van der Waals surface area contributed by atoms with Gasteiger partial charge in [-0.25, -0.2) is 0 Å². The molecule has 0 bridgehead atoms. The van der Waals surface area contributed by atoms with Crippen molar-refractivity contribution in [2.75, 3.05) is 26.2 Å². The summed E-state index contributed by atoms with van der Waals surface area (Å²) in [4.78, 5) is 15.0. The zero-order valence-corrected chi connectivity index (χ0v) is 37.6. The van der Waals surface area contributed by atoms with Crippen molar-refractivity contribution in [1.29, 1.82) is 0 Å². The molecule has 5 rings (SSSR count). The minimum atomic E-state index is -0.417. The second kappa shape index (κ2) is 23.4. The second-order valence-corrected chi connectivity index (χ2v) is 18.4. The fourth-order valence-corrected chi connectivity index (χ4v) is 7.23. The van der Waals surface area contributed by atoms with Gasteiger partial charge in [-0.15, -0.1) is 12.2 Å². The summed E-state index contributed by atoms with van der Waals surface area (Å²) in [6.45, 7) is 25.4. The first kappa shape index (κ1) is 49.1. The molecule has 8 nitrogen and oxygen atoms in total. The summed E-state index contributed by atoms with van der Waals surface area (Å²) in [5, 5.41) is 46.5. The Kier molecular flexibility index (Phi) is 20.9. The van der Waals surface area contributed by atoms with Crippen LogP contribution in [0.2, 0.25) is 0 Å². The molecule has 0 unspecified atom stereocenters. The van der Waals surface area contributed by atoms with Crippen LogP contribution in [-0.4, -0.2) is 72.7 Å². The van der Waals surface area contributed by atoms with Gasteiger partial charge in [-0.1, -0.05) is 131 Å². The third kappa shape index (κ3) is 17.1. The Labute approximate surface area is 349 Å². The van der Waals surface area contributed by atoms with Crippen LogP contribution in [0, 0.1) is 0 Å². The van der Waals surface area contributed by atoms with Crippen LogP contribution in [-0.2, 0) is 45.6 Å². The van der Waals surface area contributed by atoms with Gasteiger partial charge in [-0.3, -0.25) is 19.8 Å². The molecule has 0 N–H and O–H groups in total. The molecular formula is C46H72N4O4Ti. The van der Waals surface area contributed by atoms with E-state index in [-0.39, 0.29) is 56.1 Å². The van der Waals surface area contributed by atoms with Gasteiger partial charge in [0.25, 0.3) is 0 Å². The van der Waals surface area contributed by atoms with Crippen molar-refractivity contribution < 1.29 is 42.1 Å². The van der Waals surface area contributed by atoms with Crippen LogP contribution in [0.4, 0.5) is 0 Å². The summed E-state index contributed by atoms with van der Waals surface area (Å²) >= 11 is 0.